The second-order valence-electron chi connectivity index (χ2n) is 0.651. The van der Waals surface area contributed by atoms with Crippen LogP contribution in [0.5, 0.6) is 0 Å². The van der Waals surface area contributed by atoms with Crippen LogP contribution < -0.4 is 29.6 Å². The van der Waals surface area contributed by atoms with E-state index in [1.165, 1.54) is 0 Å². The molecule has 0 radical (unpaired) electrons. The van der Waals surface area contributed by atoms with Crippen molar-refractivity contribution < 1.29 is 60.4 Å². The average molecular weight is 234 g/mol. The topological polar surface area (TPSA) is 135 Å². The molecular formula is H3NaO7S3. The Hall–Kier alpha value is 1.29. The van der Waals surface area contributed by atoms with Crippen LogP contribution in [-0.2, 0) is 31.6 Å². The number of rotatable bonds is 1. The predicted molar refractivity (Wildman–Crippen MR) is 33.1 cm³/mol. The van der Waals surface area contributed by atoms with Gasteiger partial charge in [0, 0.05) is 0 Å². The Morgan fingerprint density at radius 1 is 0.909 bits per heavy atom. The third-order valence-electron chi connectivity index (χ3n) is 0.122. The molecule has 0 aliphatic heterocycles. The van der Waals surface area contributed by atoms with Crippen LogP contribution in [0.2, 0.25) is 0 Å². The van der Waals surface area contributed by atoms with Gasteiger partial charge in [-0.05, 0) is 0 Å². The summed E-state index contributed by atoms with van der Waals surface area (Å²) in [6, 6.07) is 0. The molecule has 0 aliphatic rings. The molecule has 0 spiro atoms. The van der Waals surface area contributed by atoms with Crippen molar-refractivity contribution in [3.05, 3.63) is 0 Å². The molecule has 0 saturated carbocycles. The van der Waals surface area contributed by atoms with Gasteiger partial charge in [-0.3, -0.25) is 9.11 Å². The van der Waals surface area contributed by atoms with Crippen molar-refractivity contribution in [3.8, 4) is 0 Å². The van der Waals surface area contributed by atoms with E-state index >= 15 is 0 Å². The first kappa shape index (κ1) is 18.2. The standard InChI is InChI=1S/Na.H2O4S2.H2O3S/c;1-5(2)6(3)4;1-4(2)3/h;(H,1,2)(H,3,4);(H2,1,2,3)/q+1;;/p-1. The van der Waals surface area contributed by atoms with Crippen molar-refractivity contribution in [2.24, 2.45) is 0 Å². The van der Waals surface area contributed by atoms with Gasteiger partial charge >= 0.3 is 29.6 Å². The molecule has 3 N–H and O–H groups in total. The van der Waals surface area contributed by atoms with Crippen LogP contribution in [0, 0.1) is 0 Å². The zero-order valence-electron chi connectivity index (χ0n) is 5.20. The average Bonchev–Trinajstić information content (AvgIpc) is 1.63. The van der Waals surface area contributed by atoms with Crippen LogP contribution >= 0.6 is 0 Å². The van der Waals surface area contributed by atoms with Crippen LogP contribution in [-0.4, -0.2) is 30.8 Å². The SMILES string of the molecule is O=S(O)S(=O)O.O=S([O-])O.[Na+]. The molecule has 0 heterocycles. The molecule has 0 saturated heterocycles. The van der Waals surface area contributed by atoms with Gasteiger partial charge in [0.1, 0.15) is 0 Å². The van der Waals surface area contributed by atoms with E-state index < -0.39 is 31.6 Å². The quantitative estimate of drug-likeness (QED) is 0.237. The maximum atomic E-state index is 9.26. The molecule has 0 rings (SSSR count). The van der Waals surface area contributed by atoms with Crippen molar-refractivity contribution in [2.45, 2.75) is 0 Å². The molecule has 0 aromatic heterocycles. The molecule has 64 valence electrons. The van der Waals surface area contributed by atoms with Crippen molar-refractivity contribution in [1.29, 1.82) is 0 Å². The first-order valence-corrected chi connectivity index (χ1v) is 5.14. The van der Waals surface area contributed by atoms with Gasteiger partial charge in [0.15, 0.2) is 0 Å². The van der Waals surface area contributed by atoms with Crippen molar-refractivity contribution >= 4 is 31.6 Å². The second kappa shape index (κ2) is 11.3. The first-order chi connectivity index (χ1) is 4.37. The summed E-state index contributed by atoms with van der Waals surface area (Å²) in [6.07, 6.45) is 0. The maximum absolute atomic E-state index is 9.26. The Bertz CT molecular complexity index is 136. The molecule has 0 aromatic rings. The molecule has 0 aromatic carbocycles. The molecule has 11 heteroatoms. The van der Waals surface area contributed by atoms with Gasteiger partial charge in [0.05, 0.1) is 11.4 Å². The Labute approximate surface area is 91.3 Å². The van der Waals surface area contributed by atoms with Gasteiger partial charge in [0.25, 0.3) is 20.2 Å². The third kappa shape index (κ3) is 34.8. The van der Waals surface area contributed by atoms with Gasteiger partial charge in [0.2, 0.25) is 0 Å². The summed E-state index contributed by atoms with van der Waals surface area (Å²) in [5.74, 6) is 0. The summed E-state index contributed by atoms with van der Waals surface area (Å²) in [7, 11) is -5.18. The summed E-state index contributed by atoms with van der Waals surface area (Å²) in [5, 5.41) is 0. The fourth-order valence-electron chi connectivity index (χ4n) is 0. The van der Waals surface area contributed by atoms with E-state index in [9.17, 15) is 8.42 Å². The Morgan fingerprint density at radius 2 is 1.00 bits per heavy atom. The monoisotopic (exact) mass is 234 g/mol. The zero-order valence-corrected chi connectivity index (χ0v) is 9.65. The molecular weight excluding hydrogens is 231 g/mol. The minimum absolute atomic E-state index is 0. The minimum Gasteiger partial charge on any atom is -0.750 e. The molecule has 3 atom stereocenters. The van der Waals surface area contributed by atoms with E-state index in [-0.39, 0.29) is 29.6 Å². The molecule has 11 heavy (non-hydrogen) atoms. The minimum atomic E-state index is -2.86. The third-order valence-corrected chi connectivity index (χ3v) is 1.10. The maximum Gasteiger partial charge on any atom is 1.00 e. The normalized spacial score (nSPS) is 16.4. The number of hydrogen-bond acceptors (Lipinski definition) is 4. The van der Waals surface area contributed by atoms with Crippen LogP contribution in [0.3, 0.4) is 0 Å². The fourth-order valence-corrected chi connectivity index (χ4v) is 0. The van der Waals surface area contributed by atoms with Gasteiger partial charge in [-0.2, -0.15) is 0 Å². The van der Waals surface area contributed by atoms with Crippen LogP contribution in [0.15, 0.2) is 0 Å². The fraction of sp³-hybridized carbons (Fsp3) is 0. The van der Waals surface area contributed by atoms with Gasteiger partial charge in [-0.1, -0.05) is 0 Å². The molecule has 0 aliphatic carbocycles. The van der Waals surface area contributed by atoms with Crippen LogP contribution in [0.4, 0.5) is 0 Å². The molecule has 0 bridgehead atoms. The summed E-state index contributed by atoms with van der Waals surface area (Å²) < 4.78 is 57.7. The van der Waals surface area contributed by atoms with E-state index in [2.05, 4.69) is 0 Å². The van der Waals surface area contributed by atoms with Crippen LogP contribution in [0.1, 0.15) is 0 Å². The molecule has 3 unspecified atom stereocenters. The molecule has 0 amide bonds. The van der Waals surface area contributed by atoms with E-state index in [1.54, 1.807) is 0 Å². The van der Waals surface area contributed by atoms with Crippen molar-refractivity contribution in [2.75, 3.05) is 0 Å². The van der Waals surface area contributed by atoms with Gasteiger partial charge in [-0.15, -0.1) is 0 Å². The zero-order chi connectivity index (χ0) is 8.73. The predicted octanol–water partition coefficient (Wildman–Crippen LogP) is -4.31. The summed E-state index contributed by atoms with van der Waals surface area (Å²) in [6.45, 7) is 0. The second-order valence-corrected chi connectivity index (χ2v) is 3.66. The first-order valence-electron chi connectivity index (χ1n) is 1.38. The largest absolute Gasteiger partial charge is 1.00 e. The Kier molecular flexibility index (Phi) is 18.6. The van der Waals surface area contributed by atoms with Gasteiger partial charge < -0.3 is 9.11 Å². The Morgan fingerprint density at radius 3 is 1.00 bits per heavy atom. The molecule has 0 fully saturated rings. The van der Waals surface area contributed by atoms with Crippen molar-refractivity contribution in [1.82, 2.24) is 0 Å². The van der Waals surface area contributed by atoms with E-state index in [4.69, 9.17) is 22.4 Å². The number of hydrogen-bond donors (Lipinski definition) is 3. The van der Waals surface area contributed by atoms with Gasteiger partial charge in [-0.25, -0.2) is 12.6 Å². The van der Waals surface area contributed by atoms with Crippen molar-refractivity contribution in [3.63, 3.8) is 0 Å². The molecule has 7 nitrogen and oxygen atoms in total. The Balaban J connectivity index is -0.000000114. The summed E-state index contributed by atoms with van der Waals surface area (Å²) in [5.41, 5.74) is 0. The smallest absolute Gasteiger partial charge is 0.750 e. The van der Waals surface area contributed by atoms with E-state index in [0.717, 1.165) is 0 Å². The van der Waals surface area contributed by atoms with E-state index in [1.807, 2.05) is 0 Å². The van der Waals surface area contributed by atoms with E-state index in [0.29, 0.717) is 0 Å². The van der Waals surface area contributed by atoms with Crippen LogP contribution in [0.25, 0.3) is 0 Å². The summed E-state index contributed by atoms with van der Waals surface area (Å²) in [4.78, 5) is 0. The summed E-state index contributed by atoms with van der Waals surface area (Å²) >= 11 is -2.86.